The Kier molecular flexibility index (Phi) is 4.48. The first-order valence-corrected chi connectivity index (χ1v) is 9.73. The van der Waals surface area contributed by atoms with Gasteiger partial charge in [-0.3, -0.25) is 0 Å². The van der Waals surface area contributed by atoms with E-state index in [-0.39, 0.29) is 6.09 Å². The predicted octanol–water partition coefficient (Wildman–Crippen LogP) is 2.61. The minimum Gasteiger partial charge on any atom is -0.450 e. The van der Waals surface area contributed by atoms with Gasteiger partial charge in [0, 0.05) is 44.5 Å². The molecule has 1 aromatic rings. The SMILES string of the molecule is CCOC(=O)N1CCC2(CC(N3CCC(c4nccn4C)CC3)C2)C1. The van der Waals surface area contributed by atoms with E-state index in [2.05, 4.69) is 21.5 Å². The highest BCUT2D eigenvalue weighted by molar-refractivity contribution is 5.68. The second-order valence-corrected chi connectivity index (χ2v) is 8.14. The molecule has 3 heterocycles. The number of likely N-dealkylation sites (tertiary alicyclic amines) is 2. The van der Waals surface area contributed by atoms with Crippen molar-refractivity contribution in [1.82, 2.24) is 19.4 Å². The van der Waals surface area contributed by atoms with Crippen LogP contribution in [0.2, 0.25) is 0 Å². The van der Waals surface area contributed by atoms with E-state index in [1.54, 1.807) is 0 Å². The van der Waals surface area contributed by atoms with Crippen LogP contribution in [0.4, 0.5) is 4.79 Å². The van der Waals surface area contributed by atoms with E-state index in [0.717, 1.165) is 19.5 Å². The van der Waals surface area contributed by atoms with Gasteiger partial charge in [-0.05, 0) is 57.5 Å². The highest BCUT2D eigenvalue weighted by Gasteiger charge is 2.51. The van der Waals surface area contributed by atoms with Crippen LogP contribution in [0.25, 0.3) is 0 Å². The van der Waals surface area contributed by atoms with E-state index >= 15 is 0 Å². The predicted molar refractivity (Wildman–Crippen MR) is 95.4 cm³/mol. The maximum atomic E-state index is 11.9. The molecule has 25 heavy (non-hydrogen) atoms. The van der Waals surface area contributed by atoms with Crippen molar-refractivity contribution in [2.24, 2.45) is 12.5 Å². The van der Waals surface area contributed by atoms with E-state index in [1.165, 1.54) is 44.6 Å². The summed E-state index contributed by atoms with van der Waals surface area (Å²) < 4.78 is 7.32. The van der Waals surface area contributed by atoms with Crippen LogP contribution in [0, 0.1) is 5.41 Å². The zero-order valence-electron chi connectivity index (χ0n) is 15.5. The van der Waals surface area contributed by atoms with Gasteiger partial charge in [-0.15, -0.1) is 0 Å². The number of piperidine rings is 1. The van der Waals surface area contributed by atoms with E-state index in [9.17, 15) is 4.79 Å². The van der Waals surface area contributed by atoms with Crippen molar-refractivity contribution in [2.45, 2.75) is 51.0 Å². The second-order valence-electron chi connectivity index (χ2n) is 8.14. The standard InChI is InChI=1S/C19H30N4O2/c1-3-25-18(24)23-10-6-19(14-23)12-16(13-19)22-8-4-15(5-9-22)17-20-7-11-21(17)2/h7,11,15-16H,3-6,8-10,12-14H2,1-2H3. The summed E-state index contributed by atoms with van der Waals surface area (Å²) in [5.74, 6) is 1.85. The van der Waals surface area contributed by atoms with Gasteiger partial charge >= 0.3 is 6.09 Å². The lowest BCUT2D eigenvalue weighted by Crippen LogP contribution is -2.54. The van der Waals surface area contributed by atoms with Crippen LogP contribution in [0.5, 0.6) is 0 Å². The van der Waals surface area contributed by atoms with E-state index in [4.69, 9.17) is 4.74 Å². The molecule has 2 aliphatic heterocycles. The molecule has 1 amide bonds. The summed E-state index contributed by atoms with van der Waals surface area (Å²) in [6, 6.07) is 0.712. The smallest absolute Gasteiger partial charge is 0.409 e. The molecule has 3 aliphatic rings. The van der Waals surface area contributed by atoms with Gasteiger partial charge in [0.1, 0.15) is 5.82 Å². The summed E-state index contributed by atoms with van der Waals surface area (Å²) >= 11 is 0. The lowest BCUT2D eigenvalue weighted by atomic mass is 9.64. The first-order chi connectivity index (χ1) is 12.1. The van der Waals surface area contributed by atoms with Crippen LogP contribution in [-0.4, -0.2) is 64.3 Å². The van der Waals surface area contributed by atoms with Crippen LogP contribution >= 0.6 is 0 Å². The average molecular weight is 346 g/mol. The zero-order chi connectivity index (χ0) is 17.4. The van der Waals surface area contributed by atoms with Crippen molar-refractivity contribution in [3.63, 3.8) is 0 Å². The Hall–Kier alpha value is -1.56. The van der Waals surface area contributed by atoms with Crippen LogP contribution in [-0.2, 0) is 11.8 Å². The molecule has 4 rings (SSSR count). The molecular formula is C19H30N4O2. The van der Waals surface area contributed by atoms with Gasteiger partial charge in [0.2, 0.25) is 0 Å². The molecule has 6 nitrogen and oxygen atoms in total. The Morgan fingerprint density at radius 3 is 2.72 bits per heavy atom. The Morgan fingerprint density at radius 2 is 2.08 bits per heavy atom. The Morgan fingerprint density at radius 1 is 1.32 bits per heavy atom. The molecule has 0 aromatic carbocycles. The van der Waals surface area contributed by atoms with Crippen molar-refractivity contribution < 1.29 is 9.53 Å². The highest BCUT2D eigenvalue weighted by Crippen LogP contribution is 2.50. The monoisotopic (exact) mass is 346 g/mol. The number of carbonyl (C=O) groups is 1. The molecule has 1 saturated carbocycles. The van der Waals surface area contributed by atoms with Crippen LogP contribution < -0.4 is 0 Å². The van der Waals surface area contributed by atoms with Crippen molar-refractivity contribution in [3.8, 4) is 0 Å². The Labute approximate surface area is 150 Å². The molecule has 3 fully saturated rings. The van der Waals surface area contributed by atoms with Crippen LogP contribution in [0.3, 0.4) is 0 Å². The molecule has 1 spiro atoms. The van der Waals surface area contributed by atoms with Gasteiger partial charge in [0.25, 0.3) is 0 Å². The lowest BCUT2D eigenvalue weighted by Gasteiger charge is -2.51. The molecule has 6 heteroatoms. The third-order valence-corrected chi connectivity index (χ3v) is 6.57. The molecule has 0 bridgehead atoms. The summed E-state index contributed by atoms with van der Waals surface area (Å²) in [6.45, 7) is 6.46. The zero-order valence-corrected chi connectivity index (χ0v) is 15.5. The Balaban J connectivity index is 1.25. The first-order valence-electron chi connectivity index (χ1n) is 9.73. The Bertz CT molecular complexity index is 615. The lowest BCUT2D eigenvalue weighted by molar-refractivity contribution is -0.00517. The van der Waals surface area contributed by atoms with Crippen LogP contribution in [0.1, 0.15) is 50.8 Å². The summed E-state index contributed by atoms with van der Waals surface area (Å²) in [4.78, 5) is 21.0. The quantitative estimate of drug-likeness (QED) is 0.844. The van der Waals surface area contributed by atoms with Crippen molar-refractivity contribution in [3.05, 3.63) is 18.2 Å². The van der Waals surface area contributed by atoms with Gasteiger partial charge in [-0.1, -0.05) is 0 Å². The van der Waals surface area contributed by atoms with Gasteiger partial charge in [-0.2, -0.15) is 0 Å². The summed E-state index contributed by atoms with van der Waals surface area (Å²) in [7, 11) is 2.10. The number of hydrogen-bond donors (Lipinski definition) is 0. The fourth-order valence-corrected chi connectivity index (χ4v) is 5.13. The molecule has 1 aromatic heterocycles. The number of carbonyl (C=O) groups excluding carboxylic acids is 1. The first kappa shape index (κ1) is 16.9. The van der Waals surface area contributed by atoms with E-state index in [1.807, 2.05) is 24.2 Å². The topological polar surface area (TPSA) is 50.6 Å². The van der Waals surface area contributed by atoms with E-state index < -0.39 is 0 Å². The van der Waals surface area contributed by atoms with Crippen molar-refractivity contribution >= 4 is 6.09 Å². The minimum absolute atomic E-state index is 0.126. The molecule has 2 saturated heterocycles. The maximum Gasteiger partial charge on any atom is 0.409 e. The molecule has 1 aliphatic carbocycles. The van der Waals surface area contributed by atoms with Crippen molar-refractivity contribution in [2.75, 3.05) is 32.8 Å². The van der Waals surface area contributed by atoms with Gasteiger partial charge in [0.05, 0.1) is 6.61 Å². The number of aromatic nitrogens is 2. The normalized spacial score (nSPS) is 30.6. The van der Waals surface area contributed by atoms with Crippen LogP contribution in [0.15, 0.2) is 12.4 Å². The second kappa shape index (κ2) is 6.63. The number of ether oxygens (including phenoxy) is 1. The summed E-state index contributed by atoms with van der Waals surface area (Å²) in [6.07, 6.45) is 9.89. The van der Waals surface area contributed by atoms with E-state index in [0.29, 0.717) is 24.0 Å². The molecule has 0 N–H and O–H groups in total. The molecule has 0 atom stereocenters. The minimum atomic E-state index is -0.126. The number of imidazole rings is 1. The fraction of sp³-hybridized carbons (Fsp3) is 0.789. The molecule has 0 unspecified atom stereocenters. The summed E-state index contributed by atoms with van der Waals surface area (Å²) in [5.41, 5.74) is 0.369. The summed E-state index contributed by atoms with van der Waals surface area (Å²) in [5, 5.41) is 0. The third-order valence-electron chi connectivity index (χ3n) is 6.57. The van der Waals surface area contributed by atoms with Gasteiger partial charge in [0.15, 0.2) is 0 Å². The number of rotatable bonds is 3. The highest BCUT2D eigenvalue weighted by atomic mass is 16.6. The fourth-order valence-electron chi connectivity index (χ4n) is 5.13. The molecule has 0 radical (unpaired) electrons. The largest absolute Gasteiger partial charge is 0.450 e. The molecular weight excluding hydrogens is 316 g/mol. The van der Waals surface area contributed by atoms with Crippen molar-refractivity contribution in [1.29, 1.82) is 0 Å². The van der Waals surface area contributed by atoms with Gasteiger partial charge < -0.3 is 19.1 Å². The molecule has 138 valence electrons. The number of nitrogens with zero attached hydrogens (tertiary/aromatic N) is 4. The van der Waals surface area contributed by atoms with Gasteiger partial charge in [-0.25, -0.2) is 9.78 Å². The number of amides is 1. The average Bonchev–Trinajstić information content (AvgIpc) is 3.21. The number of aryl methyl sites for hydroxylation is 1. The number of hydrogen-bond acceptors (Lipinski definition) is 4. The maximum absolute atomic E-state index is 11.9. The third kappa shape index (κ3) is 3.16.